The van der Waals surface area contributed by atoms with Gasteiger partial charge in [-0.1, -0.05) is 24.6 Å². The summed E-state index contributed by atoms with van der Waals surface area (Å²) in [7, 11) is 1.64. The van der Waals surface area contributed by atoms with E-state index in [1.54, 1.807) is 11.5 Å². The third kappa shape index (κ3) is 6.31. The summed E-state index contributed by atoms with van der Waals surface area (Å²) in [5, 5.41) is 5.92. The Morgan fingerprint density at radius 3 is 2.58 bits per heavy atom. The van der Waals surface area contributed by atoms with Gasteiger partial charge in [-0.25, -0.2) is 4.98 Å². The standard InChI is InChI=1S/C24H30N4O3/c1-18-23(28-17-7-5-8-21(28)27-18)24(30)26-15-6-3-4-9-22(29)25-16-14-19-10-12-20(31-2)13-11-19/h5,7-8,10-13,17H,3-4,6,9,14-16H2,1-2H3,(H,25,29)(H,26,30). The molecule has 0 atom stereocenters. The highest BCUT2D eigenvalue weighted by Crippen LogP contribution is 2.12. The lowest BCUT2D eigenvalue weighted by atomic mass is 10.1. The van der Waals surface area contributed by atoms with Crippen molar-refractivity contribution in [1.82, 2.24) is 20.0 Å². The van der Waals surface area contributed by atoms with Crippen molar-refractivity contribution in [2.45, 2.75) is 39.0 Å². The highest BCUT2D eigenvalue weighted by molar-refractivity contribution is 5.94. The van der Waals surface area contributed by atoms with Gasteiger partial charge in [-0.15, -0.1) is 0 Å². The molecule has 0 spiro atoms. The molecular weight excluding hydrogens is 392 g/mol. The van der Waals surface area contributed by atoms with Crippen LogP contribution in [0, 0.1) is 6.92 Å². The van der Waals surface area contributed by atoms with Crippen molar-refractivity contribution in [3.63, 3.8) is 0 Å². The van der Waals surface area contributed by atoms with Gasteiger partial charge in [-0.2, -0.15) is 0 Å². The second-order valence-electron chi connectivity index (χ2n) is 7.49. The van der Waals surface area contributed by atoms with Gasteiger partial charge in [-0.05, 0) is 56.0 Å². The number of ether oxygens (including phenoxy) is 1. The number of pyridine rings is 1. The first-order valence-corrected chi connectivity index (χ1v) is 10.7. The van der Waals surface area contributed by atoms with Crippen LogP contribution < -0.4 is 15.4 Å². The van der Waals surface area contributed by atoms with Crippen LogP contribution in [0.5, 0.6) is 5.75 Å². The Labute approximate surface area is 182 Å². The third-order valence-electron chi connectivity index (χ3n) is 5.18. The van der Waals surface area contributed by atoms with Gasteiger partial charge in [0.15, 0.2) is 0 Å². The number of unbranched alkanes of at least 4 members (excludes halogenated alkanes) is 2. The number of carbonyl (C=O) groups excluding carboxylic acids is 2. The van der Waals surface area contributed by atoms with E-state index in [1.807, 2.05) is 55.6 Å². The number of amides is 2. The molecule has 0 aliphatic carbocycles. The van der Waals surface area contributed by atoms with Crippen LogP contribution in [0.3, 0.4) is 0 Å². The molecule has 2 N–H and O–H groups in total. The molecule has 0 aliphatic heterocycles. The molecule has 0 unspecified atom stereocenters. The van der Waals surface area contributed by atoms with Crippen molar-refractivity contribution in [2.75, 3.05) is 20.2 Å². The van der Waals surface area contributed by atoms with E-state index in [0.717, 1.165) is 48.3 Å². The average Bonchev–Trinajstić information content (AvgIpc) is 3.12. The maximum absolute atomic E-state index is 12.5. The lowest BCUT2D eigenvalue weighted by Crippen LogP contribution is -2.27. The van der Waals surface area contributed by atoms with Gasteiger partial charge in [0, 0.05) is 25.7 Å². The van der Waals surface area contributed by atoms with Gasteiger partial charge in [-0.3, -0.25) is 14.0 Å². The monoisotopic (exact) mass is 422 g/mol. The van der Waals surface area contributed by atoms with E-state index in [0.29, 0.717) is 25.2 Å². The molecule has 2 heterocycles. The summed E-state index contributed by atoms with van der Waals surface area (Å²) in [5.41, 5.74) is 3.23. The quantitative estimate of drug-likeness (QED) is 0.465. The van der Waals surface area contributed by atoms with Gasteiger partial charge in [0.25, 0.3) is 5.91 Å². The summed E-state index contributed by atoms with van der Waals surface area (Å²) in [6.07, 6.45) is 5.67. The summed E-state index contributed by atoms with van der Waals surface area (Å²) >= 11 is 0. The second kappa shape index (κ2) is 11.2. The van der Waals surface area contributed by atoms with Crippen molar-refractivity contribution >= 4 is 17.5 Å². The Morgan fingerprint density at radius 1 is 1.00 bits per heavy atom. The zero-order valence-electron chi connectivity index (χ0n) is 18.2. The first kappa shape index (κ1) is 22.3. The van der Waals surface area contributed by atoms with Crippen LogP contribution >= 0.6 is 0 Å². The van der Waals surface area contributed by atoms with Crippen molar-refractivity contribution in [2.24, 2.45) is 0 Å². The number of nitrogens with one attached hydrogen (secondary N) is 2. The smallest absolute Gasteiger partial charge is 0.270 e. The number of rotatable bonds is 11. The molecule has 0 fully saturated rings. The molecule has 0 saturated carbocycles. The Kier molecular flexibility index (Phi) is 8.04. The predicted octanol–water partition coefficient (Wildman–Crippen LogP) is 3.30. The van der Waals surface area contributed by atoms with Crippen molar-refractivity contribution in [1.29, 1.82) is 0 Å². The van der Waals surface area contributed by atoms with E-state index in [4.69, 9.17) is 4.74 Å². The second-order valence-corrected chi connectivity index (χ2v) is 7.49. The summed E-state index contributed by atoms with van der Waals surface area (Å²) in [6.45, 7) is 3.05. The number of hydrogen-bond acceptors (Lipinski definition) is 4. The fraction of sp³-hybridized carbons (Fsp3) is 0.375. The highest BCUT2D eigenvalue weighted by Gasteiger charge is 2.15. The van der Waals surface area contributed by atoms with E-state index in [-0.39, 0.29) is 11.8 Å². The minimum absolute atomic E-state index is 0.0684. The fourth-order valence-corrected chi connectivity index (χ4v) is 3.49. The van der Waals surface area contributed by atoms with Crippen LogP contribution in [0.4, 0.5) is 0 Å². The molecule has 3 aromatic rings. The van der Waals surface area contributed by atoms with Gasteiger partial charge in [0.2, 0.25) is 5.91 Å². The van der Waals surface area contributed by atoms with Gasteiger partial charge in [0.05, 0.1) is 12.8 Å². The number of methoxy groups -OCH3 is 1. The molecule has 0 aliphatic rings. The molecular formula is C24H30N4O3. The minimum atomic E-state index is -0.118. The maximum Gasteiger partial charge on any atom is 0.270 e. The van der Waals surface area contributed by atoms with Crippen molar-refractivity contribution in [3.8, 4) is 5.75 Å². The number of benzene rings is 1. The van der Waals surface area contributed by atoms with E-state index in [2.05, 4.69) is 15.6 Å². The molecule has 31 heavy (non-hydrogen) atoms. The zero-order chi connectivity index (χ0) is 22.1. The first-order valence-electron chi connectivity index (χ1n) is 10.7. The van der Waals surface area contributed by atoms with Gasteiger partial charge >= 0.3 is 0 Å². The number of carbonyl (C=O) groups is 2. The summed E-state index contributed by atoms with van der Waals surface area (Å²) < 4.78 is 6.95. The molecule has 7 nitrogen and oxygen atoms in total. The summed E-state index contributed by atoms with van der Waals surface area (Å²) in [6, 6.07) is 13.5. The number of imidazole rings is 1. The highest BCUT2D eigenvalue weighted by atomic mass is 16.5. The van der Waals surface area contributed by atoms with E-state index < -0.39 is 0 Å². The predicted molar refractivity (Wildman–Crippen MR) is 120 cm³/mol. The SMILES string of the molecule is COc1ccc(CCNC(=O)CCCCCNC(=O)c2c(C)nc3ccccn23)cc1. The molecule has 0 radical (unpaired) electrons. The largest absolute Gasteiger partial charge is 0.497 e. The van der Waals surface area contributed by atoms with Crippen LogP contribution in [0.25, 0.3) is 5.65 Å². The minimum Gasteiger partial charge on any atom is -0.497 e. The Hall–Kier alpha value is -3.35. The molecule has 2 amide bonds. The van der Waals surface area contributed by atoms with Crippen molar-refractivity contribution in [3.05, 3.63) is 65.6 Å². The van der Waals surface area contributed by atoms with Crippen LogP contribution in [0.1, 0.15) is 47.4 Å². The fourth-order valence-electron chi connectivity index (χ4n) is 3.49. The average molecular weight is 423 g/mol. The van der Waals surface area contributed by atoms with Crippen LogP contribution in [-0.4, -0.2) is 41.4 Å². The topological polar surface area (TPSA) is 84.7 Å². The first-order chi connectivity index (χ1) is 15.1. The molecule has 7 heteroatoms. The number of aromatic nitrogens is 2. The third-order valence-corrected chi connectivity index (χ3v) is 5.18. The number of fused-ring (bicyclic) bond motifs is 1. The molecule has 0 bridgehead atoms. The number of hydrogen-bond donors (Lipinski definition) is 2. The molecule has 0 saturated heterocycles. The van der Waals surface area contributed by atoms with Crippen LogP contribution in [0.15, 0.2) is 48.7 Å². The number of aryl methyl sites for hydroxylation is 1. The van der Waals surface area contributed by atoms with Crippen molar-refractivity contribution < 1.29 is 14.3 Å². The summed E-state index contributed by atoms with van der Waals surface area (Å²) in [4.78, 5) is 28.9. The van der Waals surface area contributed by atoms with E-state index in [9.17, 15) is 9.59 Å². The molecule has 164 valence electrons. The Bertz CT molecular complexity index is 1010. The molecule has 1 aromatic carbocycles. The number of nitrogens with zero attached hydrogens (tertiary/aromatic N) is 2. The normalized spacial score (nSPS) is 10.8. The van der Waals surface area contributed by atoms with Gasteiger partial charge < -0.3 is 15.4 Å². The maximum atomic E-state index is 12.5. The van der Waals surface area contributed by atoms with Crippen LogP contribution in [0.2, 0.25) is 0 Å². The molecule has 3 rings (SSSR count). The zero-order valence-corrected chi connectivity index (χ0v) is 18.2. The van der Waals surface area contributed by atoms with E-state index in [1.165, 1.54) is 0 Å². The Balaban J connectivity index is 1.28. The lowest BCUT2D eigenvalue weighted by molar-refractivity contribution is -0.121. The Morgan fingerprint density at radius 2 is 1.81 bits per heavy atom. The summed E-state index contributed by atoms with van der Waals surface area (Å²) in [5.74, 6) is 0.782. The molecule has 2 aromatic heterocycles. The lowest BCUT2D eigenvalue weighted by Gasteiger charge is -2.07. The van der Waals surface area contributed by atoms with Gasteiger partial charge in [0.1, 0.15) is 17.1 Å². The van der Waals surface area contributed by atoms with E-state index >= 15 is 0 Å². The van der Waals surface area contributed by atoms with Crippen LogP contribution in [-0.2, 0) is 11.2 Å².